The number of hydrogen-bond acceptors (Lipinski definition) is 8. The topological polar surface area (TPSA) is 183 Å². The highest BCUT2D eigenvalue weighted by Gasteiger charge is 2.15. The highest BCUT2D eigenvalue weighted by molar-refractivity contribution is 7.85. The third-order valence-electron chi connectivity index (χ3n) is 3.77. The van der Waals surface area contributed by atoms with Gasteiger partial charge in [0.2, 0.25) is 5.39 Å². The molecule has 160 valence electrons. The van der Waals surface area contributed by atoms with E-state index in [9.17, 15) is 23.1 Å². The Morgan fingerprint density at radius 2 is 1.70 bits per heavy atom. The fourth-order valence-electron chi connectivity index (χ4n) is 2.31. The molecule has 0 radical (unpaired) electrons. The molecule has 0 atom stereocenters. The first kappa shape index (κ1) is 24.5. The maximum atomic E-state index is 10.7. The second kappa shape index (κ2) is 10.9. The van der Waals surface area contributed by atoms with Crippen molar-refractivity contribution in [2.75, 3.05) is 24.6 Å². The van der Waals surface area contributed by atoms with Crippen molar-refractivity contribution in [3.63, 3.8) is 0 Å². The molecule has 0 fully saturated rings. The number of carboxylic acid groups (broad SMARTS) is 2. The largest absolute Gasteiger partial charge is 0.545 e. The van der Waals surface area contributed by atoms with Gasteiger partial charge in [0.1, 0.15) is 0 Å². The van der Waals surface area contributed by atoms with Crippen molar-refractivity contribution in [1.29, 1.82) is 5.39 Å². The quantitative estimate of drug-likeness (QED) is 0.417. The molecule has 2 aromatic carbocycles. The van der Waals surface area contributed by atoms with Gasteiger partial charge in [-0.15, -0.1) is 0 Å². The summed E-state index contributed by atoms with van der Waals surface area (Å²) in [6, 6.07) is 9.18. The van der Waals surface area contributed by atoms with Crippen LogP contribution in [-0.2, 0) is 10.1 Å². The summed E-state index contributed by atoms with van der Waals surface area (Å²) in [7, 11) is -4.67. The highest BCUT2D eigenvalue weighted by Crippen LogP contribution is 2.19. The molecular weight excluding hydrogens is 418 g/mol. The van der Waals surface area contributed by atoms with Crippen molar-refractivity contribution in [2.24, 2.45) is 0 Å². The molecule has 0 saturated heterocycles. The average molecular weight is 437 g/mol. The molecule has 0 amide bonds. The number of diazo groups is 1. The highest BCUT2D eigenvalue weighted by atomic mass is 32.2. The molecule has 0 aliphatic heterocycles. The summed E-state index contributed by atoms with van der Waals surface area (Å²) in [5.74, 6) is -3.26. The van der Waals surface area contributed by atoms with E-state index in [4.69, 9.17) is 20.2 Å². The molecule has 2 rings (SSSR count). The first-order valence-corrected chi connectivity index (χ1v) is 9.85. The summed E-state index contributed by atoms with van der Waals surface area (Å²) in [6.07, 6.45) is 0. The van der Waals surface area contributed by atoms with Crippen LogP contribution in [0.25, 0.3) is 4.98 Å². The maximum Gasteiger partial charge on any atom is 0.385 e. The molecule has 12 heteroatoms. The molecule has 0 aromatic heterocycles. The lowest BCUT2D eigenvalue weighted by atomic mass is 10.1. The third kappa shape index (κ3) is 7.13. The van der Waals surface area contributed by atoms with Gasteiger partial charge >= 0.3 is 11.7 Å². The molecule has 0 aliphatic rings. The van der Waals surface area contributed by atoms with E-state index in [0.717, 1.165) is 18.3 Å². The molecule has 2 aromatic rings. The number of aromatic carboxylic acids is 2. The molecule has 0 aliphatic carbocycles. The van der Waals surface area contributed by atoms with Gasteiger partial charge in [0.05, 0.1) is 23.0 Å². The van der Waals surface area contributed by atoms with Crippen LogP contribution in [0.4, 0.5) is 11.4 Å². The maximum absolute atomic E-state index is 10.7. The van der Waals surface area contributed by atoms with Crippen molar-refractivity contribution in [1.82, 2.24) is 0 Å². The second-order valence-corrected chi connectivity index (χ2v) is 7.15. The second-order valence-electron chi connectivity index (χ2n) is 5.73. The Morgan fingerprint density at radius 1 is 1.13 bits per heavy atom. The third-order valence-corrected chi connectivity index (χ3v) is 4.60. The summed E-state index contributed by atoms with van der Waals surface area (Å²) < 4.78 is 30.1. The Morgan fingerprint density at radius 3 is 2.10 bits per heavy atom. The lowest BCUT2D eigenvalue weighted by molar-refractivity contribution is -0.255. The molecule has 0 saturated carbocycles. The summed E-state index contributed by atoms with van der Waals surface area (Å²) in [5, 5.41) is 36.4. The van der Waals surface area contributed by atoms with Crippen LogP contribution >= 0.6 is 0 Å². The molecule has 11 nitrogen and oxygen atoms in total. The molecule has 30 heavy (non-hydrogen) atoms. The Kier molecular flexibility index (Phi) is 8.87. The summed E-state index contributed by atoms with van der Waals surface area (Å²) in [4.78, 5) is 25.3. The van der Waals surface area contributed by atoms with Crippen molar-refractivity contribution in [2.45, 2.75) is 11.8 Å². The number of nitrogens with zero attached hydrogens (tertiary/aromatic N) is 3. The Labute approximate surface area is 172 Å². The van der Waals surface area contributed by atoms with E-state index < -0.39 is 38.1 Å². The van der Waals surface area contributed by atoms with Crippen molar-refractivity contribution in [3.8, 4) is 0 Å². The monoisotopic (exact) mass is 437 g/mol. The predicted molar refractivity (Wildman–Crippen MR) is 104 cm³/mol. The normalized spacial score (nSPS) is 10.3. The number of aliphatic hydroxyl groups is 1. The van der Waals surface area contributed by atoms with Crippen molar-refractivity contribution < 1.29 is 37.9 Å². The van der Waals surface area contributed by atoms with Gasteiger partial charge in [-0.1, -0.05) is 0 Å². The first-order valence-electron chi connectivity index (χ1n) is 8.41. The zero-order chi connectivity index (χ0) is 22.9. The van der Waals surface area contributed by atoms with E-state index in [0.29, 0.717) is 24.4 Å². The van der Waals surface area contributed by atoms with Crippen LogP contribution in [0.5, 0.6) is 0 Å². The van der Waals surface area contributed by atoms with E-state index in [1.54, 1.807) is 12.1 Å². The first-order chi connectivity index (χ1) is 14.0. The van der Waals surface area contributed by atoms with Gasteiger partial charge in [-0.2, -0.15) is 8.42 Å². The Bertz CT molecular complexity index is 1010. The lowest BCUT2D eigenvalue weighted by Crippen LogP contribution is -2.25. The van der Waals surface area contributed by atoms with Gasteiger partial charge in [0, 0.05) is 30.9 Å². The van der Waals surface area contributed by atoms with Gasteiger partial charge in [-0.05, 0) is 42.8 Å². The molecule has 0 heterocycles. The number of likely N-dealkylation sites (N-methyl/N-ethyl adjacent to an activating group) is 1. The van der Waals surface area contributed by atoms with Crippen LogP contribution in [0.15, 0.2) is 47.4 Å². The summed E-state index contributed by atoms with van der Waals surface area (Å²) in [6.45, 7) is 3.63. The fourth-order valence-corrected chi connectivity index (χ4v) is 2.86. The number of anilines is 1. The van der Waals surface area contributed by atoms with Gasteiger partial charge < -0.3 is 25.0 Å². The van der Waals surface area contributed by atoms with Gasteiger partial charge in [0.25, 0.3) is 10.1 Å². The number of carbonyl (C=O) groups excluding carboxylic acids is 1. The van der Waals surface area contributed by atoms with E-state index in [-0.39, 0.29) is 6.61 Å². The average Bonchev–Trinajstić information content (AvgIpc) is 2.71. The standard InChI is InChI=1S/C10H14N3O.C8H6O7S/c1-2-13(7-8-14)10-5-3-9(12-11)4-6-10;9-7(10)4-1-5(8(11)12)3-6(2-4)16(13,14)15/h3-6,14H,2,7-8H2,1H3;1-3H,(H,9,10)(H,11,12)(H,13,14,15)/q+1;/p-1. The summed E-state index contributed by atoms with van der Waals surface area (Å²) in [5.41, 5.74) is 0.338. The number of rotatable bonds is 7. The van der Waals surface area contributed by atoms with E-state index in [1.807, 2.05) is 24.0 Å². The Balaban J connectivity index is 0.000000303. The Hall–Kier alpha value is -3.53. The van der Waals surface area contributed by atoms with Crippen LogP contribution in [0.2, 0.25) is 0 Å². The number of carboxylic acids is 2. The number of carbonyl (C=O) groups is 2. The van der Waals surface area contributed by atoms with E-state index in [1.165, 1.54) is 0 Å². The van der Waals surface area contributed by atoms with Crippen LogP contribution < -0.4 is 10.0 Å². The fraction of sp³-hybridized carbons (Fsp3) is 0.222. The molecule has 0 unspecified atom stereocenters. The lowest BCUT2D eigenvalue weighted by Gasteiger charge is -2.21. The molecular formula is C18H19N3O8S. The SMILES string of the molecule is CCN(CCO)c1ccc([N+]#N)cc1.O=C([O-])c1cc(C(=O)O)cc(S(=O)(=O)O)c1. The van der Waals surface area contributed by atoms with Gasteiger partial charge in [0.15, 0.2) is 4.98 Å². The minimum Gasteiger partial charge on any atom is -0.545 e. The van der Waals surface area contributed by atoms with E-state index in [2.05, 4.69) is 4.98 Å². The zero-order valence-electron chi connectivity index (χ0n) is 15.8. The zero-order valence-corrected chi connectivity index (χ0v) is 16.6. The number of benzene rings is 2. The van der Waals surface area contributed by atoms with Gasteiger partial charge in [-0.25, -0.2) is 4.79 Å². The van der Waals surface area contributed by atoms with Crippen LogP contribution in [0.3, 0.4) is 0 Å². The van der Waals surface area contributed by atoms with Crippen molar-refractivity contribution in [3.05, 3.63) is 58.6 Å². The minimum absolute atomic E-state index is 0.139. The number of aliphatic hydroxyl groups excluding tert-OH is 1. The number of hydrogen-bond donors (Lipinski definition) is 3. The predicted octanol–water partition coefficient (Wildman–Crippen LogP) is 0.985. The van der Waals surface area contributed by atoms with Gasteiger partial charge in [-0.3, -0.25) is 4.55 Å². The van der Waals surface area contributed by atoms with Crippen molar-refractivity contribution >= 4 is 33.4 Å². The van der Waals surface area contributed by atoms with Crippen LogP contribution in [0.1, 0.15) is 27.6 Å². The van der Waals surface area contributed by atoms with E-state index >= 15 is 0 Å². The smallest absolute Gasteiger partial charge is 0.385 e. The molecule has 3 N–H and O–H groups in total. The molecule has 0 spiro atoms. The summed E-state index contributed by atoms with van der Waals surface area (Å²) >= 11 is 0. The minimum atomic E-state index is -4.67. The molecule has 0 bridgehead atoms. The van der Waals surface area contributed by atoms with Crippen LogP contribution in [-0.4, -0.2) is 54.8 Å². The van der Waals surface area contributed by atoms with Crippen LogP contribution in [0, 0.1) is 5.39 Å².